The van der Waals surface area contributed by atoms with Crippen molar-refractivity contribution >= 4 is 42.8 Å². The standard InChI is InChI=1S/C50H91N5O6Si3/c1-18-63(19-2,20-3)60-44-36-45(56)59-42(39(8)34-41-27-31-54(52-41)37-53-30-25-29-51-53)35-43-50(15,55(43)32-33-58-62(16,17)48(10,11)12)28-24-26-38(7)46(40(9)47(57)49(44,13)14)61-64(21-4,22-5)23-6/h25,27,29-31,34,38,40,42-44,46H,18-24,26,28,32-33,35-37H2,1-17H3/b39-34+/t38-,40+,42-,43-,44-,46-,50+,55?/m0/s1. The molecule has 2 fully saturated rings. The molecule has 64 heavy (non-hydrogen) atoms. The largest absolute Gasteiger partial charge is 0.458 e. The van der Waals surface area contributed by atoms with Gasteiger partial charge in [0, 0.05) is 61.1 Å². The van der Waals surface area contributed by atoms with E-state index in [1.54, 1.807) is 6.20 Å². The Hall–Kier alpha value is -2.21. The van der Waals surface area contributed by atoms with Gasteiger partial charge < -0.3 is 18.0 Å². The van der Waals surface area contributed by atoms with Gasteiger partial charge in [0.15, 0.2) is 25.0 Å². The Balaban J connectivity index is 1.80. The van der Waals surface area contributed by atoms with Crippen molar-refractivity contribution < 1.29 is 27.6 Å². The second-order valence-electron chi connectivity index (χ2n) is 21.9. The van der Waals surface area contributed by atoms with Crippen molar-refractivity contribution in [3.63, 3.8) is 0 Å². The quantitative estimate of drug-likeness (QED) is 0.0819. The lowest BCUT2D eigenvalue weighted by molar-refractivity contribution is -0.153. The third-order valence-corrected chi connectivity index (χ3v) is 30.5. The maximum Gasteiger partial charge on any atom is 0.309 e. The monoisotopic (exact) mass is 942 g/mol. The van der Waals surface area contributed by atoms with E-state index in [1.807, 2.05) is 47.7 Å². The van der Waals surface area contributed by atoms with Crippen LogP contribution in [0.5, 0.6) is 0 Å². The molecule has 0 amide bonds. The Morgan fingerprint density at radius 2 is 1.53 bits per heavy atom. The van der Waals surface area contributed by atoms with Crippen LogP contribution in [0.25, 0.3) is 6.08 Å². The van der Waals surface area contributed by atoms with Gasteiger partial charge in [-0.1, -0.05) is 96.4 Å². The summed E-state index contributed by atoms with van der Waals surface area (Å²) in [5.74, 6) is -0.394. The van der Waals surface area contributed by atoms with Crippen molar-refractivity contribution in [3.8, 4) is 0 Å². The molecule has 0 aliphatic carbocycles. The number of cyclic esters (lactones) is 1. The lowest BCUT2D eigenvalue weighted by Crippen LogP contribution is -2.53. The van der Waals surface area contributed by atoms with E-state index < -0.39 is 42.6 Å². The van der Waals surface area contributed by atoms with Crippen LogP contribution in [0.4, 0.5) is 0 Å². The molecular formula is C50H91N5O6Si3. The van der Waals surface area contributed by atoms with Gasteiger partial charge >= 0.3 is 5.97 Å². The smallest absolute Gasteiger partial charge is 0.309 e. The Labute approximate surface area is 392 Å². The molecule has 2 saturated heterocycles. The molecule has 2 aliphatic rings. The van der Waals surface area contributed by atoms with Crippen molar-refractivity contribution in [1.82, 2.24) is 24.5 Å². The Bertz CT molecular complexity index is 1800. The summed E-state index contributed by atoms with van der Waals surface area (Å²) in [6, 6.07) is 9.90. The van der Waals surface area contributed by atoms with E-state index in [-0.39, 0.29) is 52.7 Å². The zero-order chi connectivity index (χ0) is 47.9. The van der Waals surface area contributed by atoms with E-state index in [9.17, 15) is 4.79 Å². The second kappa shape index (κ2) is 22.3. The molecule has 0 aromatic carbocycles. The van der Waals surface area contributed by atoms with Gasteiger partial charge in [0.1, 0.15) is 18.6 Å². The fraction of sp³-hybridized carbons (Fsp3) is 0.800. The number of Topliss-reactive ketones (excluding diaryl/α,β-unsaturated/α-hetero) is 1. The lowest BCUT2D eigenvalue weighted by atomic mass is 9.73. The minimum Gasteiger partial charge on any atom is -0.458 e. The highest BCUT2D eigenvalue weighted by Crippen LogP contribution is 2.49. The number of esters is 1. The highest BCUT2D eigenvalue weighted by molar-refractivity contribution is 6.74. The summed E-state index contributed by atoms with van der Waals surface area (Å²) in [4.78, 5) is 32.6. The number of ketones is 1. The van der Waals surface area contributed by atoms with Crippen LogP contribution in [0.1, 0.15) is 142 Å². The Morgan fingerprint density at radius 3 is 2.09 bits per heavy atom. The van der Waals surface area contributed by atoms with Crippen molar-refractivity contribution in [1.29, 1.82) is 0 Å². The van der Waals surface area contributed by atoms with E-state index in [1.165, 1.54) is 0 Å². The highest BCUT2D eigenvalue weighted by Gasteiger charge is 2.59. The molecule has 1 unspecified atom stereocenters. The molecule has 11 nitrogen and oxygen atoms in total. The van der Waals surface area contributed by atoms with E-state index in [0.717, 1.165) is 73.3 Å². The van der Waals surface area contributed by atoms with Crippen molar-refractivity contribution in [2.45, 2.75) is 227 Å². The van der Waals surface area contributed by atoms with Gasteiger partial charge in [0.05, 0.1) is 24.3 Å². The van der Waals surface area contributed by atoms with Crippen LogP contribution in [0.15, 0.2) is 36.3 Å². The first-order chi connectivity index (χ1) is 29.9. The number of carbonyl (C=O) groups is 2. The highest BCUT2D eigenvalue weighted by atomic mass is 28.4. The summed E-state index contributed by atoms with van der Waals surface area (Å²) in [7, 11) is -6.34. The SMILES string of the molecule is CC[Si](CC)(CC)O[C@H]1[C@@H](C)CCC[C@]2(C)[C@H](C[C@@H](/C(C)=C/c3ccn(Cn4cccn4)n3)OC(=O)C[C@H](O[Si](CC)(CC)CC)C(C)(C)C(=O)[C@@H]1C)N2CCO[Si](C)(C)C(C)(C)C. The van der Waals surface area contributed by atoms with Gasteiger partial charge in [-0.25, -0.2) is 0 Å². The molecule has 364 valence electrons. The number of rotatable bonds is 18. The summed E-state index contributed by atoms with van der Waals surface area (Å²) >= 11 is 0. The number of fused-ring (bicyclic) bond motifs is 1. The van der Waals surface area contributed by atoms with Gasteiger partial charge in [-0.05, 0) is 111 Å². The van der Waals surface area contributed by atoms with E-state index in [0.29, 0.717) is 19.7 Å². The topological polar surface area (TPSA) is 110 Å². The fourth-order valence-electron chi connectivity index (χ4n) is 10.2. The summed E-state index contributed by atoms with van der Waals surface area (Å²) in [5.41, 5.74) is 0.680. The third kappa shape index (κ3) is 12.9. The molecule has 2 aromatic heterocycles. The van der Waals surface area contributed by atoms with E-state index in [4.69, 9.17) is 23.1 Å². The zero-order valence-electron chi connectivity index (χ0n) is 43.5. The van der Waals surface area contributed by atoms with Crippen LogP contribution in [-0.2, 0) is 34.3 Å². The van der Waals surface area contributed by atoms with Crippen LogP contribution >= 0.6 is 0 Å². The summed E-state index contributed by atoms with van der Waals surface area (Å²) in [6.07, 6.45) is 9.99. The van der Waals surface area contributed by atoms with Gasteiger partial charge in [-0.15, -0.1) is 0 Å². The minimum absolute atomic E-state index is 0.00708. The number of carbonyl (C=O) groups excluding carboxylic acids is 2. The molecule has 14 heteroatoms. The summed E-state index contributed by atoms with van der Waals surface area (Å²) in [6.45, 7) is 39.8. The van der Waals surface area contributed by atoms with Gasteiger partial charge in [0.25, 0.3) is 0 Å². The third-order valence-electron chi connectivity index (χ3n) is 16.6. The normalized spacial score (nSPS) is 28.2. The molecule has 8 atom stereocenters. The number of hydrogen-bond acceptors (Lipinski definition) is 9. The first kappa shape index (κ1) is 54.4. The van der Waals surface area contributed by atoms with Gasteiger partial charge in [-0.3, -0.25) is 23.9 Å². The maximum atomic E-state index is 15.3. The number of nitrogens with zero attached hydrogens (tertiary/aromatic N) is 5. The van der Waals surface area contributed by atoms with Crippen LogP contribution in [-0.4, -0.2) is 104 Å². The number of aromatic nitrogens is 4. The van der Waals surface area contributed by atoms with Crippen LogP contribution in [0.3, 0.4) is 0 Å². The molecule has 0 spiro atoms. The van der Waals surface area contributed by atoms with Gasteiger partial charge in [-0.2, -0.15) is 10.2 Å². The average Bonchev–Trinajstić information content (AvgIpc) is 3.65. The number of hydrogen-bond donors (Lipinski definition) is 0. The van der Waals surface area contributed by atoms with Crippen LogP contribution < -0.4 is 0 Å². The molecule has 4 heterocycles. The Morgan fingerprint density at radius 1 is 0.922 bits per heavy atom. The molecule has 0 bridgehead atoms. The summed E-state index contributed by atoms with van der Waals surface area (Å²) in [5, 5.41) is 9.31. The minimum atomic E-state index is -2.29. The first-order valence-electron chi connectivity index (χ1n) is 25.1. The maximum absolute atomic E-state index is 15.3. The second-order valence-corrected chi connectivity index (χ2v) is 36.1. The number of ether oxygens (including phenoxy) is 1. The van der Waals surface area contributed by atoms with Crippen molar-refractivity contribution in [2.24, 2.45) is 17.3 Å². The fourth-order valence-corrected chi connectivity index (χ4v) is 17.2. The predicted octanol–water partition coefficient (Wildman–Crippen LogP) is 12.0. The van der Waals surface area contributed by atoms with Crippen molar-refractivity contribution in [2.75, 3.05) is 13.2 Å². The van der Waals surface area contributed by atoms with Gasteiger partial charge in [0.2, 0.25) is 0 Å². The first-order valence-corrected chi connectivity index (χ1v) is 33.1. The molecule has 0 saturated carbocycles. The van der Waals surface area contributed by atoms with Crippen molar-refractivity contribution in [3.05, 3.63) is 42.0 Å². The molecule has 2 aromatic rings. The predicted molar refractivity (Wildman–Crippen MR) is 270 cm³/mol. The Kier molecular flexibility index (Phi) is 18.9. The molecule has 0 radical (unpaired) electrons. The van der Waals surface area contributed by atoms with E-state index in [2.05, 4.69) is 119 Å². The van der Waals surface area contributed by atoms with E-state index >= 15 is 4.79 Å². The molecule has 4 rings (SSSR count). The van der Waals surface area contributed by atoms with Crippen LogP contribution in [0, 0.1) is 17.3 Å². The summed E-state index contributed by atoms with van der Waals surface area (Å²) < 4.78 is 31.9. The average molecular weight is 943 g/mol. The molecular weight excluding hydrogens is 851 g/mol. The van der Waals surface area contributed by atoms with Crippen LogP contribution in [0.2, 0.25) is 54.4 Å². The zero-order valence-corrected chi connectivity index (χ0v) is 46.5. The molecule has 0 N–H and O–H groups in total. The lowest BCUT2D eigenvalue weighted by Gasteiger charge is -2.44. The molecule has 2 aliphatic heterocycles.